The molecule has 1 aliphatic heterocycles. The Labute approximate surface area is 165 Å². The van der Waals surface area contributed by atoms with Gasteiger partial charge in [0.2, 0.25) is 5.91 Å². The van der Waals surface area contributed by atoms with Gasteiger partial charge in [0, 0.05) is 18.0 Å². The van der Waals surface area contributed by atoms with Crippen LogP contribution in [0.2, 0.25) is 0 Å². The summed E-state index contributed by atoms with van der Waals surface area (Å²) in [6, 6.07) is 1.89. The highest BCUT2D eigenvalue weighted by atomic mass is 32.2. The molecule has 3 amide bonds. The van der Waals surface area contributed by atoms with Gasteiger partial charge in [-0.15, -0.1) is 11.3 Å². The summed E-state index contributed by atoms with van der Waals surface area (Å²) in [6.07, 6.45) is 4.53. The van der Waals surface area contributed by atoms with Gasteiger partial charge < -0.3 is 10.1 Å². The van der Waals surface area contributed by atoms with Crippen LogP contribution >= 0.6 is 23.1 Å². The lowest BCUT2D eigenvalue weighted by Gasteiger charge is -2.15. The van der Waals surface area contributed by atoms with Crippen LogP contribution in [0.25, 0.3) is 0 Å². The summed E-state index contributed by atoms with van der Waals surface area (Å²) in [6.45, 7) is 1.76. The number of nitrogens with one attached hydrogen (secondary N) is 1. The number of hydrogen-bond acceptors (Lipinski definition) is 7. The maximum absolute atomic E-state index is 12.3. The summed E-state index contributed by atoms with van der Waals surface area (Å²) < 4.78 is 5.28. The smallest absolute Gasteiger partial charge is 0.349 e. The topological polar surface area (TPSA) is 92.8 Å². The first-order valence-electron chi connectivity index (χ1n) is 9.03. The highest BCUT2D eigenvalue weighted by molar-refractivity contribution is 8.14. The second kappa shape index (κ2) is 8.88. The van der Waals surface area contributed by atoms with Crippen molar-refractivity contribution in [2.24, 2.45) is 0 Å². The van der Waals surface area contributed by atoms with Gasteiger partial charge in [0.05, 0.1) is 5.75 Å². The van der Waals surface area contributed by atoms with E-state index in [2.05, 4.69) is 5.32 Å². The molecule has 1 atom stereocenters. The molecular weight excluding hydrogens is 388 g/mol. The highest BCUT2D eigenvalue weighted by Gasteiger charge is 2.29. The largest absolute Gasteiger partial charge is 0.448 e. The van der Waals surface area contributed by atoms with Crippen LogP contribution < -0.4 is 5.32 Å². The van der Waals surface area contributed by atoms with Crippen LogP contribution in [0.15, 0.2) is 6.07 Å². The van der Waals surface area contributed by atoms with E-state index in [1.54, 1.807) is 0 Å². The molecule has 3 rings (SSSR count). The Morgan fingerprint density at radius 2 is 2.04 bits per heavy atom. The van der Waals surface area contributed by atoms with Crippen molar-refractivity contribution in [3.05, 3.63) is 21.4 Å². The fourth-order valence-corrected chi connectivity index (χ4v) is 4.96. The fraction of sp³-hybridized carbons (Fsp3) is 0.556. The van der Waals surface area contributed by atoms with Gasteiger partial charge in [-0.05, 0) is 44.2 Å². The zero-order chi connectivity index (χ0) is 19.4. The number of amides is 3. The molecule has 0 unspecified atom stereocenters. The Morgan fingerprint density at radius 1 is 1.26 bits per heavy atom. The van der Waals surface area contributed by atoms with Crippen molar-refractivity contribution in [1.29, 1.82) is 0 Å². The van der Waals surface area contributed by atoms with Crippen LogP contribution in [0.1, 0.15) is 46.3 Å². The number of carbonyl (C=O) groups excluding carboxylic acids is 4. The molecule has 0 saturated carbocycles. The third-order valence-electron chi connectivity index (χ3n) is 4.58. The summed E-state index contributed by atoms with van der Waals surface area (Å²) >= 11 is 2.41. The average molecular weight is 411 g/mol. The molecule has 1 aromatic rings. The van der Waals surface area contributed by atoms with Crippen molar-refractivity contribution in [3.63, 3.8) is 0 Å². The van der Waals surface area contributed by atoms with Gasteiger partial charge in [-0.1, -0.05) is 18.2 Å². The zero-order valence-electron chi connectivity index (χ0n) is 15.1. The molecule has 146 valence electrons. The van der Waals surface area contributed by atoms with Crippen LogP contribution in [-0.2, 0) is 27.2 Å². The van der Waals surface area contributed by atoms with Crippen molar-refractivity contribution in [2.45, 2.75) is 45.1 Å². The molecule has 1 N–H and O–H groups in total. The van der Waals surface area contributed by atoms with E-state index in [4.69, 9.17) is 4.74 Å². The monoisotopic (exact) mass is 410 g/mol. The molecule has 1 aromatic heterocycles. The molecule has 1 saturated heterocycles. The van der Waals surface area contributed by atoms with Gasteiger partial charge >= 0.3 is 5.97 Å². The number of ether oxygens (including phenoxy) is 1. The predicted molar refractivity (Wildman–Crippen MR) is 103 cm³/mol. The number of hydrogen-bond donors (Lipinski definition) is 1. The second-order valence-corrected chi connectivity index (χ2v) is 8.62. The average Bonchev–Trinajstić information content (AvgIpc) is 3.11. The first-order valence-corrected chi connectivity index (χ1v) is 10.8. The highest BCUT2D eigenvalue weighted by Crippen LogP contribution is 2.29. The maximum Gasteiger partial charge on any atom is 0.349 e. The molecule has 2 aliphatic rings. The lowest BCUT2D eigenvalue weighted by molar-refractivity contribution is -0.130. The number of esters is 1. The number of aryl methyl sites for hydroxylation is 2. The normalized spacial score (nSPS) is 18.0. The Morgan fingerprint density at radius 3 is 2.78 bits per heavy atom. The SMILES string of the molecule is C[C@@H](OC(=O)c1cc2c(s1)CCCCC2)C(=O)NCCN1C(=O)CSC1=O. The molecule has 1 fully saturated rings. The number of rotatable bonds is 6. The Bertz CT molecular complexity index is 721. The lowest BCUT2D eigenvalue weighted by Crippen LogP contribution is -2.41. The van der Waals surface area contributed by atoms with Crippen molar-refractivity contribution in [2.75, 3.05) is 18.8 Å². The third-order valence-corrected chi connectivity index (χ3v) is 6.65. The molecular formula is C18H22N2O5S2. The predicted octanol–water partition coefficient (Wildman–Crippen LogP) is 2.37. The summed E-state index contributed by atoms with van der Waals surface area (Å²) in [5.74, 6) is -1.05. The molecule has 2 heterocycles. The molecule has 0 radical (unpaired) electrons. The minimum atomic E-state index is -0.946. The van der Waals surface area contributed by atoms with Crippen molar-refractivity contribution < 1.29 is 23.9 Å². The van der Waals surface area contributed by atoms with E-state index in [0.717, 1.165) is 42.3 Å². The summed E-state index contributed by atoms with van der Waals surface area (Å²) in [7, 11) is 0. The molecule has 27 heavy (non-hydrogen) atoms. The second-order valence-electron chi connectivity index (χ2n) is 6.56. The minimum absolute atomic E-state index is 0.120. The van der Waals surface area contributed by atoms with E-state index in [1.165, 1.54) is 35.1 Å². The van der Waals surface area contributed by atoms with Gasteiger partial charge in [-0.3, -0.25) is 19.3 Å². The van der Waals surface area contributed by atoms with Crippen molar-refractivity contribution in [3.8, 4) is 0 Å². The molecule has 0 spiro atoms. The van der Waals surface area contributed by atoms with E-state index in [-0.39, 0.29) is 30.0 Å². The quantitative estimate of drug-likeness (QED) is 0.572. The van der Waals surface area contributed by atoms with Gasteiger partial charge in [0.15, 0.2) is 6.10 Å². The van der Waals surface area contributed by atoms with Crippen LogP contribution in [0, 0.1) is 0 Å². The summed E-state index contributed by atoms with van der Waals surface area (Å²) in [5.41, 5.74) is 1.22. The van der Waals surface area contributed by atoms with Crippen molar-refractivity contribution >= 4 is 46.1 Å². The number of imide groups is 1. The molecule has 7 nitrogen and oxygen atoms in total. The van der Waals surface area contributed by atoms with Gasteiger partial charge in [0.1, 0.15) is 4.88 Å². The first-order chi connectivity index (χ1) is 13.0. The third kappa shape index (κ3) is 4.90. The number of thiophene rings is 1. The van der Waals surface area contributed by atoms with Crippen LogP contribution in [0.4, 0.5) is 4.79 Å². The fourth-order valence-electron chi connectivity index (χ4n) is 3.07. The maximum atomic E-state index is 12.3. The molecule has 9 heteroatoms. The zero-order valence-corrected chi connectivity index (χ0v) is 16.7. The Hall–Kier alpha value is -1.87. The van der Waals surface area contributed by atoms with Gasteiger partial charge in [-0.25, -0.2) is 4.79 Å². The minimum Gasteiger partial charge on any atom is -0.448 e. The van der Waals surface area contributed by atoms with E-state index in [0.29, 0.717) is 4.88 Å². The molecule has 0 bridgehead atoms. The number of carbonyl (C=O) groups is 4. The van der Waals surface area contributed by atoms with E-state index in [9.17, 15) is 19.2 Å². The molecule has 0 aromatic carbocycles. The number of fused-ring (bicyclic) bond motifs is 1. The Kier molecular flexibility index (Phi) is 6.54. The number of nitrogens with zero attached hydrogens (tertiary/aromatic N) is 1. The molecule has 1 aliphatic carbocycles. The van der Waals surface area contributed by atoms with Crippen LogP contribution in [0.5, 0.6) is 0 Å². The van der Waals surface area contributed by atoms with Crippen LogP contribution in [0.3, 0.4) is 0 Å². The van der Waals surface area contributed by atoms with Crippen LogP contribution in [-0.4, -0.2) is 52.9 Å². The van der Waals surface area contributed by atoms with Gasteiger partial charge in [0.25, 0.3) is 11.1 Å². The summed E-state index contributed by atoms with van der Waals surface area (Å²) in [4.78, 5) is 50.3. The Balaban J connectivity index is 1.47. The van der Waals surface area contributed by atoms with E-state index >= 15 is 0 Å². The van der Waals surface area contributed by atoms with Gasteiger partial charge in [-0.2, -0.15) is 0 Å². The van der Waals surface area contributed by atoms with Crippen molar-refractivity contribution in [1.82, 2.24) is 10.2 Å². The van der Waals surface area contributed by atoms with E-state index < -0.39 is 18.0 Å². The number of thioether (sulfide) groups is 1. The standard InChI is InChI=1S/C18H22N2O5S2/c1-11(16(22)19-7-8-20-15(21)10-26-18(20)24)25-17(23)14-9-12-5-3-2-4-6-13(12)27-14/h9,11H,2-8,10H2,1H3,(H,19,22)/t11-/m1/s1. The summed E-state index contributed by atoms with van der Waals surface area (Å²) in [5, 5.41) is 2.30. The van der Waals surface area contributed by atoms with E-state index in [1.807, 2.05) is 6.07 Å². The first kappa shape index (κ1) is 19.9. The lowest BCUT2D eigenvalue weighted by atomic mass is 10.1.